The van der Waals surface area contributed by atoms with E-state index in [4.69, 9.17) is 4.42 Å². The first-order valence-corrected chi connectivity index (χ1v) is 8.41. The van der Waals surface area contributed by atoms with Crippen LogP contribution in [0.2, 0.25) is 0 Å². The van der Waals surface area contributed by atoms with Gasteiger partial charge in [-0.2, -0.15) is 0 Å². The van der Waals surface area contributed by atoms with Crippen LogP contribution in [0.15, 0.2) is 65.1 Å². The molecule has 0 spiro atoms. The zero-order valence-corrected chi connectivity index (χ0v) is 14.3. The van der Waals surface area contributed by atoms with Crippen LogP contribution in [0.5, 0.6) is 0 Å². The van der Waals surface area contributed by atoms with E-state index in [9.17, 15) is 13.6 Å². The number of carbonyl (C=O) groups is 1. The minimum Gasteiger partial charge on any atom is -0.461 e. The Morgan fingerprint density at radius 1 is 1.08 bits per heavy atom. The number of amides is 1. The predicted molar refractivity (Wildman–Crippen MR) is 95.4 cm³/mol. The van der Waals surface area contributed by atoms with Crippen LogP contribution in [-0.2, 0) is 11.2 Å². The lowest BCUT2D eigenvalue weighted by atomic mass is 10.1. The minimum absolute atomic E-state index is 0.128. The standard InChI is InChI=1S/C21H19F2NO2/c1-14(18-13-16(22)7-10-19(18)23)24-21(25)12-9-17-8-11-20(26-17)15-5-3-2-4-6-15/h2-8,10-11,13-14H,9,12H2,1H3,(H,24,25). The van der Waals surface area contributed by atoms with E-state index in [1.807, 2.05) is 42.5 Å². The minimum atomic E-state index is -0.616. The Balaban J connectivity index is 1.56. The molecule has 3 rings (SSSR count). The molecule has 0 fully saturated rings. The zero-order valence-electron chi connectivity index (χ0n) is 14.3. The van der Waals surface area contributed by atoms with Gasteiger partial charge in [0.2, 0.25) is 5.91 Å². The van der Waals surface area contributed by atoms with Gasteiger partial charge in [-0.05, 0) is 37.3 Å². The lowest BCUT2D eigenvalue weighted by molar-refractivity contribution is -0.121. The van der Waals surface area contributed by atoms with Gasteiger partial charge in [-0.3, -0.25) is 4.79 Å². The van der Waals surface area contributed by atoms with Crippen molar-refractivity contribution in [3.63, 3.8) is 0 Å². The lowest BCUT2D eigenvalue weighted by Crippen LogP contribution is -2.27. The smallest absolute Gasteiger partial charge is 0.220 e. The van der Waals surface area contributed by atoms with Crippen molar-refractivity contribution in [1.29, 1.82) is 0 Å². The number of benzene rings is 2. The number of halogens is 2. The first kappa shape index (κ1) is 17.9. The van der Waals surface area contributed by atoms with Crippen LogP contribution in [0.25, 0.3) is 11.3 Å². The number of furan rings is 1. The molecule has 1 atom stereocenters. The van der Waals surface area contributed by atoms with Crippen molar-refractivity contribution in [1.82, 2.24) is 5.32 Å². The highest BCUT2D eigenvalue weighted by molar-refractivity contribution is 5.76. The van der Waals surface area contributed by atoms with E-state index in [1.54, 1.807) is 6.92 Å². The molecule has 1 aromatic heterocycles. The second-order valence-electron chi connectivity index (χ2n) is 6.09. The van der Waals surface area contributed by atoms with Crippen molar-refractivity contribution in [2.45, 2.75) is 25.8 Å². The number of rotatable bonds is 6. The maximum Gasteiger partial charge on any atom is 0.220 e. The van der Waals surface area contributed by atoms with Crippen LogP contribution >= 0.6 is 0 Å². The van der Waals surface area contributed by atoms with E-state index in [0.29, 0.717) is 12.2 Å². The van der Waals surface area contributed by atoms with Crippen LogP contribution in [0.1, 0.15) is 30.7 Å². The Kier molecular flexibility index (Phi) is 5.46. The molecule has 3 aromatic rings. The van der Waals surface area contributed by atoms with Crippen LogP contribution in [0.4, 0.5) is 8.78 Å². The van der Waals surface area contributed by atoms with Gasteiger partial charge >= 0.3 is 0 Å². The van der Waals surface area contributed by atoms with Crippen LogP contribution in [0.3, 0.4) is 0 Å². The molecule has 0 bridgehead atoms. The number of hydrogen-bond donors (Lipinski definition) is 1. The van der Waals surface area contributed by atoms with Gasteiger partial charge in [0.05, 0.1) is 6.04 Å². The first-order chi connectivity index (χ1) is 12.5. The van der Waals surface area contributed by atoms with Gasteiger partial charge in [-0.1, -0.05) is 30.3 Å². The molecule has 0 radical (unpaired) electrons. The highest BCUT2D eigenvalue weighted by Crippen LogP contribution is 2.23. The summed E-state index contributed by atoms with van der Waals surface area (Å²) in [5, 5.41) is 2.69. The lowest BCUT2D eigenvalue weighted by Gasteiger charge is -2.15. The van der Waals surface area contributed by atoms with Gasteiger partial charge in [0.1, 0.15) is 23.2 Å². The average molecular weight is 355 g/mol. The van der Waals surface area contributed by atoms with Gasteiger partial charge < -0.3 is 9.73 Å². The fourth-order valence-electron chi connectivity index (χ4n) is 2.74. The second-order valence-corrected chi connectivity index (χ2v) is 6.09. The van der Waals surface area contributed by atoms with Crippen molar-refractivity contribution in [3.8, 4) is 11.3 Å². The van der Waals surface area contributed by atoms with Crippen LogP contribution < -0.4 is 5.32 Å². The quantitative estimate of drug-likeness (QED) is 0.673. The number of nitrogens with one attached hydrogen (secondary N) is 1. The van der Waals surface area contributed by atoms with Gasteiger partial charge in [-0.15, -0.1) is 0 Å². The number of aryl methyl sites for hydroxylation is 1. The SMILES string of the molecule is CC(NC(=O)CCc1ccc(-c2ccccc2)o1)c1cc(F)ccc1F. The van der Waals surface area contributed by atoms with Crippen molar-refractivity contribution in [2.75, 3.05) is 0 Å². The fraction of sp³-hybridized carbons (Fsp3) is 0.190. The van der Waals surface area contributed by atoms with Crippen molar-refractivity contribution >= 4 is 5.91 Å². The molecule has 1 heterocycles. The summed E-state index contributed by atoms with van der Waals surface area (Å²) >= 11 is 0. The summed E-state index contributed by atoms with van der Waals surface area (Å²) in [7, 11) is 0. The Morgan fingerprint density at radius 3 is 2.62 bits per heavy atom. The molecule has 0 saturated carbocycles. The Bertz CT molecular complexity index is 890. The molecule has 0 aliphatic rings. The van der Waals surface area contributed by atoms with Crippen molar-refractivity contribution in [3.05, 3.63) is 83.6 Å². The highest BCUT2D eigenvalue weighted by Gasteiger charge is 2.15. The third kappa shape index (κ3) is 4.36. The molecule has 0 aliphatic carbocycles. The average Bonchev–Trinajstić information content (AvgIpc) is 3.12. The Hall–Kier alpha value is -2.95. The summed E-state index contributed by atoms with van der Waals surface area (Å²) < 4.78 is 32.8. The summed E-state index contributed by atoms with van der Waals surface area (Å²) in [6.07, 6.45) is 0.625. The van der Waals surface area contributed by atoms with Crippen molar-refractivity contribution < 1.29 is 18.0 Å². The van der Waals surface area contributed by atoms with E-state index < -0.39 is 17.7 Å². The van der Waals surface area contributed by atoms with Gasteiger partial charge in [0.15, 0.2) is 0 Å². The normalized spacial score (nSPS) is 12.0. The molecule has 0 aliphatic heterocycles. The third-order valence-electron chi connectivity index (χ3n) is 4.12. The number of carbonyl (C=O) groups excluding carboxylic acids is 1. The molecular formula is C21H19F2NO2. The summed E-state index contributed by atoms with van der Waals surface area (Å²) in [5.74, 6) is 0.114. The van der Waals surface area contributed by atoms with E-state index >= 15 is 0 Å². The number of hydrogen-bond acceptors (Lipinski definition) is 2. The molecular weight excluding hydrogens is 336 g/mol. The van der Waals surface area contributed by atoms with E-state index in [2.05, 4.69) is 5.32 Å². The highest BCUT2D eigenvalue weighted by atomic mass is 19.1. The molecule has 0 saturated heterocycles. The predicted octanol–water partition coefficient (Wildman–Crippen LogP) is 5.03. The van der Waals surface area contributed by atoms with E-state index in [-0.39, 0.29) is 17.9 Å². The molecule has 1 N–H and O–H groups in total. The van der Waals surface area contributed by atoms with E-state index in [0.717, 1.165) is 29.5 Å². The van der Waals surface area contributed by atoms with Crippen LogP contribution in [0, 0.1) is 11.6 Å². The van der Waals surface area contributed by atoms with Gasteiger partial charge in [0.25, 0.3) is 0 Å². The summed E-state index contributed by atoms with van der Waals surface area (Å²) in [4.78, 5) is 12.1. The molecule has 1 unspecified atom stereocenters. The molecule has 1 amide bonds. The first-order valence-electron chi connectivity index (χ1n) is 8.41. The maximum atomic E-state index is 13.8. The fourth-order valence-corrected chi connectivity index (χ4v) is 2.74. The van der Waals surface area contributed by atoms with E-state index in [1.165, 1.54) is 0 Å². The van der Waals surface area contributed by atoms with Gasteiger partial charge in [-0.25, -0.2) is 8.78 Å². The summed E-state index contributed by atoms with van der Waals surface area (Å²) in [6, 6.07) is 16.0. The topological polar surface area (TPSA) is 42.2 Å². The third-order valence-corrected chi connectivity index (χ3v) is 4.12. The molecule has 3 nitrogen and oxygen atoms in total. The molecule has 26 heavy (non-hydrogen) atoms. The zero-order chi connectivity index (χ0) is 18.5. The Morgan fingerprint density at radius 2 is 1.85 bits per heavy atom. The van der Waals surface area contributed by atoms with Crippen LogP contribution in [-0.4, -0.2) is 5.91 Å². The Labute approximate surface area is 150 Å². The largest absolute Gasteiger partial charge is 0.461 e. The maximum absolute atomic E-state index is 13.8. The summed E-state index contributed by atoms with van der Waals surface area (Å²) in [6.45, 7) is 1.62. The van der Waals surface area contributed by atoms with Gasteiger partial charge in [0, 0.05) is 24.0 Å². The molecule has 2 aromatic carbocycles. The summed E-state index contributed by atoms with van der Waals surface area (Å²) in [5.41, 5.74) is 1.10. The molecule has 5 heteroatoms. The monoisotopic (exact) mass is 355 g/mol. The molecule has 134 valence electrons. The van der Waals surface area contributed by atoms with Crippen molar-refractivity contribution in [2.24, 2.45) is 0 Å². The second kappa shape index (κ2) is 7.95.